The minimum atomic E-state index is -0.676. The third-order valence-corrected chi connectivity index (χ3v) is 3.26. The smallest absolute Gasteiger partial charge is 0.150 e. The van der Waals surface area contributed by atoms with E-state index in [1.807, 2.05) is 20.8 Å². The fraction of sp³-hybridized carbons (Fsp3) is 0.462. The number of halogens is 2. The van der Waals surface area contributed by atoms with E-state index in [9.17, 15) is 8.78 Å². The zero-order valence-corrected chi connectivity index (χ0v) is 11.6. The molecule has 0 aliphatic carbocycles. The van der Waals surface area contributed by atoms with Gasteiger partial charge in [0, 0.05) is 12.1 Å². The van der Waals surface area contributed by atoms with E-state index in [1.54, 1.807) is 0 Å². The summed E-state index contributed by atoms with van der Waals surface area (Å²) < 4.78 is 27.5. The molecule has 0 saturated heterocycles. The molecule has 1 aromatic rings. The van der Waals surface area contributed by atoms with Gasteiger partial charge in [-0.1, -0.05) is 33.0 Å². The fourth-order valence-corrected chi connectivity index (χ4v) is 1.45. The van der Waals surface area contributed by atoms with Crippen molar-refractivity contribution in [2.45, 2.75) is 27.2 Å². The Balaban J connectivity index is 2.94. The van der Waals surface area contributed by atoms with Crippen molar-refractivity contribution in [2.24, 2.45) is 11.1 Å². The highest BCUT2D eigenvalue weighted by Gasteiger charge is 2.18. The molecule has 3 N–H and O–H groups in total. The topological polar surface area (TPSA) is 38.0 Å². The third kappa shape index (κ3) is 3.63. The van der Waals surface area contributed by atoms with Crippen molar-refractivity contribution in [3.05, 3.63) is 29.3 Å². The van der Waals surface area contributed by atoms with Gasteiger partial charge in [-0.15, -0.1) is 0 Å². The zero-order valence-electron chi connectivity index (χ0n) is 10.8. The lowest BCUT2D eigenvalue weighted by atomic mass is 9.90. The highest BCUT2D eigenvalue weighted by Crippen LogP contribution is 2.25. The number of benzene rings is 1. The summed E-state index contributed by atoms with van der Waals surface area (Å²) in [4.78, 5) is -0.0201. The molecular weight excluding hydrogens is 254 g/mol. The summed E-state index contributed by atoms with van der Waals surface area (Å²) in [5, 5.41) is 2.80. The summed E-state index contributed by atoms with van der Waals surface area (Å²) in [6.45, 7) is 6.58. The van der Waals surface area contributed by atoms with Crippen LogP contribution in [-0.4, -0.2) is 11.5 Å². The average molecular weight is 272 g/mol. The number of nitrogens with two attached hydrogens (primary N) is 1. The SMILES string of the molecule is CCC(C)(C)CNc1c(F)cc(C(N)=S)cc1F. The Morgan fingerprint density at radius 1 is 1.33 bits per heavy atom. The largest absolute Gasteiger partial charge is 0.389 e. The molecular formula is C13H18F2N2S. The van der Waals surface area contributed by atoms with Gasteiger partial charge in [0.25, 0.3) is 0 Å². The summed E-state index contributed by atoms with van der Waals surface area (Å²) in [6.07, 6.45) is 0.911. The summed E-state index contributed by atoms with van der Waals surface area (Å²) in [5.41, 5.74) is 5.38. The van der Waals surface area contributed by atoms with Crippen LogP contribution in [-0.2, 0) is 0 Å². The first kappa shape index (κ1) is 14.8. The Morgan fingerprint density at radius 3 is 2.22 bits per heavy atom. The van der Waals surface area contributed by atoms with Crippen molar-refractivity contribution in [3.63, 3.8) is 0 Å². The first-order valence-electron chi connectivity index (χ1n) is 5.79. The standard InChI is InChI=1S/C13H18F2N2S/c1-4-13(2,3)7-17-11-9(14)5-8(12(16)18)6-10(11)15/h5-6,17H,4,7H2,1-3H3,(H2,16,18). The predicted molar refractivity (Wildman–Crippen MR) is 74.8 cm³/mol. The van der Waals surface area contributed by atoms with E-state index < -0.39 is 11.6 Å². The maximum absolute atomic E-state index is 13.7. The van der Waals surface area contributed by atoms with Gasteiger partial charge in [-0.3, -0.25) is 0 Å². The van der Waals surface area contributed by atoms with Crippen molar-refractivity contribution < 1.29 is 8.78 Å². The van der Waals surface area contributed by atoms with Crippen molar-refractivity contribution in [2.75, 3.05) is 11.9 Å². The van der Waals surface area contributed by atoms with Gasteiger partial charge >= 0.3 is 0 Å². The minimum absolute atomic E-state index is 0.0201. The lowest BCUT2D eigenvalue weighted by Crippen LogP contribution is -2.23. The Hall–Kier alpha value is -1.23. The maximum atomic E-state index is 13.7. The minimum Gasteiger partial charge on any atom is -0.389 e. The summed E-state index contributed by atoms with van der Waals surface area (Å²) in [6, 6.07) is 2.29. The summed E-state index contributed by atoms with van der Waals surface area (Å²) in [5.74, 6) is -1.35. The summed E-state index contributed by atoms with van der Waals surface area (Å²) >= 11 is 4.69. The molecule has 0 amide bonds. The molecule has 0 aliphatic heterocycles. The second-order valence-electron chi connectivity index (χ2n) is 5.05. The van der Waals surface area contributed by atoms with Crippen LogP contribution in [0.25, 0.3) is 0 Å². The first-order chi connectivity index (χ1) is 8.26. The van der Waals surface area contributed by atoms with Gasteiger partial charge in [-0.25, -0.2) is 8.78 Å². The number of thiocarbonyl (C=S) groups is 1. The van der Waals surface area contributed by atoms with E-state index in [0.717, 1.165) is 18.6 Å². The maximum Gasteiger partial charge on any atom is 0.150 e. The third-order valence-electron chi connectivity index (χ3n) is 3.03. The molecule has 2 nitrogen and oxygen atoms in total. The molecule has 0 bridgehead atoms. The van der Waals surface area contributed by atoms with Crippen LogP contribution in [0.15, 0.2) is 12.1 Å². The van der Waals surface area contributed by atoms with Crippen LogP contribution in [0.4, 0.5) is 14.5 Å². The number of rotatable bonds is 5. The molecule has 0 aliphatic rings. The molecule has 0 atom stereocenters. The van der Waals surface area contributed by atoms with Crippen LogP contribution in [0.3, 0.4) is 0 Å². The van der Waals surface area contributed by atoms with Crippen LogP contribution in [0.1, 0.15) is 32.8 Å². The van der Waals surface area contributed by atoms with Gasteiger partial charge in [0.1, 0.15) is 22.3 Å². The van der Waals surface area contributed by atoms with Crippen LogP contribution in [0.5, 0.6) is 0 Å². The van der Waals surface area contributed by atoms with E-state index in [1.165, 1.54) is 0 Å². The quantitative estimate of drug-likeness (QED) is 0.806. The van der Waals surface area contributed by atoms with Gasteiger partial charge in [0.15, 0.2) is 0 Å². The molecule has 0 radical (unpaired) electrons. The average Bonchev–Trinajstić information content (AvgIpc) is 2.27. The second-order valence-corrected chi connectivity index (χ2v) is 5.49. The molecule has 0 heterocycles. The Kier molecular flexibility index (Phi) is 4.62. The Morgan fingerprint density at radius 2 is 1.83 bits per heavy atom. The number of anilines is 1. The normalized spacial score (nSPS) is 11.4. The molecule has 18 heavy (non-hydrogen) atoms. The Bertz CT molecular complexity index is 435. The lowest BCUT2D eigenvalue weighted by molar-refractivity contribution is 0.375. The Labute approximate surface area is 112 Å². The number of hydrogen-bond donors (Lipinski definition) is 2. The van der Waals surface area contributed by atoms with Crippen LogP contribution >= 0.6 is 12.2 Å². The molecule has 0 spiro atoms. The van der Waals surface area contributed by atoms with Gasteiger partial charge in [0.2, 0.25) is 0 Å². The van der Waals surface area contributed by atoms with E-state index in [2.05, 4.69) is 5.32 Å². The molecule has 0 aromatic heterocycles. The molecule has 100 valence electrons. The van der Waals surface area contributed by atoms with Gasteiger partial charge in [-0.2, -0.15) is 0 Å². The summed E-state index contributed by atoms with van der Waals surface area (Å²) in [7, 11) is 0. The number of hydrogen-bond acceptors (Lipinski definition) is 2. The van der Waals surface area contributed by atoms with Gasteiger partial charge < -0.3 is 11.1 Å². The first-order valence-corrected chi connectivity index (χ1v) is 6.20. The van der Waals surface area contributed by atoms with Crippen molar-refractivity contribution in [3.8, 4) is 0 Å². The van der Waals surface area contributed by atoms with Crippen LogP contribution < -0.4 is 11.1 Å². The molecule has 0 fully saturated rings. The highest BCUT2D eigenvalue weighted by atomic mass is 32.1. The molecule has 1 rings (SSSR count). The van der Waals surface area contributed by atoms with Gasteiger partial charge in [-0.05, 0) is 24.0 Å². The molecule has 0 unspecified atom stereocenters. The predicted octanol–water partition coefficient (Wildman–Crippen LogP) is 3.45. The monoisotopic (exact) mass is 272 g/mol. The van der Waals surface area contributed by atoms with E-state index >= 15 is 0 Å². The van der Waals surface area contributed by atoms with Crippen molar-refractivity contribution >= 4 is 22.9 Å². The van der Waals surface area contributed by atoms with Crippen molar-refractivity contribution in [1.82, 2.24) is 0 Å². The second kappa shape index (κ2) is 5.61. The lowest BCUT2D eigenvalue weighted by Gasteiger charge is -2.24. The van der Waals surface area contributed by atoms with E-state index in [4.69, 9.17) is 18.0 Å². The molecule has 1 aromatic carbocycles. The van der Waals surface area contributed by atoms with Crippen molar-refractivity contribution in [1.29, 1.82) is 0 Å². The van der Waals surface area contributed by atoms with Crippen LogP contribution in [0, 0.1) is 17.0 Å². The zero-order chi connectivity index (χ0) is 13.9. The van der Waals surface area contributed by atoms with E-state index in [0.29, 0.717) is 6.54 Å². The molecule has 5 heteroatoms. The highest BCUT2D eigenvalue weighted by molar-refractivity contribution is 7.80. The van der Waals surface area contributed by atoms with Crippen LogP contribution in [0.2, 0.25) is 0 Å². The fourth-order valence-electron chi connectivity index (χ4n) is 1.34. The van der Waals surface area contributed by atoms with Gasteiger partial charge in [0.05, 0.1) is 0 Å². The molecule has 0 saturated carbocycles. The number of nitrogens with one attached hydrogen (secondary N) is 1. The van der Waals surface area contributed by atoms with E-state index in [-0.39, 0.29) is 21.7 Å².